The van der Waals surface area contributed by atoms with Crippen LogP contribution in [0.4, 0.5) is 5.82 Å². The van der Waals surface area contributed by atoms with Crippen LogP contribution in [0.2, 0.25) is 0 Å². The van der Waals surface area contributed by atoms with Gasteiger partial charge in [0, 0.05) is 17.3 Å². The van der Waals surface area contributed by atoms with Gasteiger partial charge in [-0.05, 0) is 54.8 Å². The number of nitrogens with one attached hydrogen (secondary N) is 2. The third-order valence-corrected chi connectivity index (χ3v) is 3.97. The van der Waals surface area contributed by atoms with Crippen LogP contribution >= 0.6 is 0 Å². The SMILES string of the molecule is COc1cccc(CCc2cc(NC(=O)c3ccc(C#N)cc3)n[nH]2)c1. The first kappa shape index (κ1) is 17.2. The predicted molar refractivity (Wildman–Crippen MR) is 98.1 cm³/mol. The third kappa shape index (κ3) is 4.28. The fraction of sp³-hybridized carbons (Fsp3) is 0.150. The summed E-state index contributed by atoms with van der Waals surface area (Å²) in [5.41, 5.74) is 3.09. The van der Waals surface area contributed by atoms with Gasteiger partial charge in [0.25, 0.3) is 5.91 Å². The molecule has 0 aliphatic carbocycles. The maximum Gasteiger partial charge on any atom is 0.256 e. The number of H-pyrrole nitrogens is 1. The summed E-state index contributed by atoms with van der Waals surface area (Å²) in [6.07, 6.45) is 1.61. The second-order valence-corrected chi connectivity index (χ2v) is 5.77. The molecule has 0 radical (unpaired) electrons. The van der Waals surface area contributed by atoms with Gasteiger partial charge in [0.05, 0.1) is 18.7 Å². The summed E-state index contributed by atoms with van der Waals surface area (Å²) in [5.74, 6) is 1.04. The molecule has 0 saturated carbocycles. The van der Waals surface area contributed by atoms with Gasteiger partial charge in [-0.1, -0.05) is 12.1 Å². The molecule has 0 aliphatic heterocycles. The highest BCUT2D eigenvalue weighted by atomic mass is 16.5. The molecule has 3 aromatic rings. The molecule has 0 saturated heterocycles. The largest absolute Gasteiger partial charge is 0.497 e. The molecule has 130 valence electrons. The standard InChI is InChI=1S/C20H18N4O2/c1-26-18-4-2-3-14(11-18)7-10-17-12-19(24-23-17)22-20(25)16-8-5-15(13-21)6-9-16/h2-6,8-9,11-12H,7,10H2,1H3,(H2,22,23,24,25). The minimum Gasteiger partial charge on any atom is -0.497 e. The molecule has 0 fully saturated rings. The van der Waals surface area contributed by atoms with Crippen LogP contribution in [0.3, 0.4) is 0 Å². The summed E-state index contributed by atoms with van der Waals surface area (Å²) in [4.78, 5) is 12.2. The van der Waals surface area contributed by atoms with Crippen LogP contribution in [0.25, 0.3) is 0 Å². The van der Waals surface area contributed by atoms with Gasteiger partial charge >= 0.3 is 0 Å². The highest BCUT2D eigenvalue weighted by Gasteiger charge is 2.09. The molecule has 1 aromatic heterocycles. The Morgan fingerprint density at radius 2 is 2.00 bits per heavy atom. The number of nitriles is 1. The summed E-state index contributed by atoms with van der Waals surface area (Å²) < 4.78 is 5.23. The lowest BCUT2D eigenvalue weighted by Gasteiger charge is -2.03. The summed E-state index contributed by atoms with van der Waals surface area (Å²) in [5, 5.41) is 18.6. The summed E-state index contributed by atoms with van der Waals surface area (Å²) >= 11 is 0. The lowest BCUT2D eigenvalue weighted by molar-refractivity contribution is 0.102. The van der Waals surface area contributed by atoms with Gasteiger partial charge < -0.3 is 10.1 Å². The Kier molecular flexibility index (Phi) is 5.30. The zero-order valence-corrected chi connectivity index (χ0v) is 14.3. The smallest absolute Gasteiger partial charge is 0.256 e. The Balaban J connectivity index is 1.58. The number of rotatable bonds is 6. The van der Waals surface area contributed by atoms with E-state index in [9.17, 15) is 4.79 Å². The number of aryl methyl sites for hydroxylation is 2. The van der Waals surface area contributed by atoms with E-state index in [2.05, 4.69) is 15.5 Å². The Labute approximate surface area is 151 Å². The molecule has 0 bridgehead atoms. The van der Waals surface area contributed by atoms with Crippen molar-refractivity contribution in [3.05, 3.63) is 77.0 Å². The number of ether oxygens (including phenoxy) is 1. The molecule has 0 atom stereocenters. The quantitative estimate of drug-likeness (QED) is 0.716. The van der Waals surface area contributed by atoms with E-state index in [1.165, 1.54) is 5.56 Å². The molecular weight excluding hydrogens is 328 g/mol. The zero-order chi connectivity index (χ0) is 18.4. The van der Waals surface area contributed by atoms with E-state index >= 15 is 0 Å². The number of carbonyl (C=O) groups excluding carboxylic acids is 1. The molecule has 2 N–H and O–H groups in total. The van der Waals surface area contributed by atoms with E-state index in [0.29, 0.717) is 16.9 Å². The predicted octanol–water partition coefficient (Wildman–Crippen LogP) is 3.33. The third-order valence-electron chi connectivity index (χ3n) is 3.97. The average Bonchev–Trinajstić information content (AvgIpc) is 3.14. The number of anilines is 1. The molecule has 1 amide bonds. The van der Waals surface area contributed by atoms with Gasteiger partial charge in [-0.15, -0.1) is 0 Å². The first-order chi connectivity index (χ1) is 12.7. The average molecular weight is 346 g/mol. The maximum absolute atomic E-state index is 12.2. The zero-order valence-electron chi connectivity index (χ0n) is 14.3. The summed E-state index contributed by atoms with van der Waals surface area (Å²) in [6, 6.07) is 18.2. The van der Waals surface area contributed by atoms with Crippen LogP contribution < -0.4 is 10.1 Å². The summed E-state index contributed by atoms with van der Waals surface area (Å²) in [6.45, 7) is 0. The first-order valence-electron chi connectivity index (χ1n) is 8.16. The van der Waals surface area contributed by atoms with Gasteiger partial charge in [-0.2, -0.15) is 10.4 Å². The van der Waals surface area contributed by atoms with Crippen molar-refractivity contribution < 1.29 is 9.53 Å². The van der Waals surface area contributed by atoms with Crippen LogP contribution in [-0.4, -0.2) is 23.2 Å². The van der Waals surface area contributed by atoms with Crippen molar-refractivity contribution in [3.63, 3.8) is 0 Å². The van der Waals surface area contributed by atoms with E-state index in [1.54, 1.807) is 31.4 Å². The molecule has 1 heterocycles. The van der Waals surface area contributed by atoms with Gasteiger partial charge in [-0.3, -0.25) is 9.89 Å². The fourth-order valence-electron chi connectivity index (χ4n) is 2.55. The van der Waals surface area contributed by atoms with Gasteiger partial charge in [0.2, 0.25) is 0 Å². The number of hydrogen-bond acceptors (Lipinski definition) is 4. The van der Waals surface area contributed by atoms with Crippen LogP contribution in [0.5, 0.6) is 5.75 Å². The molecule has 6 nitrogen and oxygen atoms in total. The molecule has 3 rings (SSSR count). The molecular formula is C20H18N4O2. The van der Waals surface area contributed by atoms with Crippen molar-refractivity contribution in [1.82, 2.24) is 10.2 Å². The number of benzene rings is 2. The number of amides is 1. The second kappa shape index (κ2) is 7.99. The van der Waals surface area contributed by atoms with E-state index in [-0.39, 0.29) is 5.91 Å². The molecule has 26 heavy (non-hydrogen) atoms. The van der Waals surface area contributed by atoms with Gasteiger partial charge in [0.15, 0.2) is 5.82 Å². The Morgan fingerprint density at radius 1 is 1.19 bits per heavy atom. The highest BCUT2D eigenvalue weighted by Crippen LogP contribution is 2.15. The van der Waals surface area contributed by atoms with E-state index < -0.39 is 0 Å². The minimum absolute atomic E-state index is 0.264. The Hall–Kier alpha value is -3.59. The van der Waals surface area contributed by atoms with Crippen molar-refractivity contribution in [2.45, 2.75) is 12.8 Å². The van der Waals surface area contributed by atoms with Crippen molar-refractivity contribution in [2.24, 2.45) is 0 Å². The van der Waals surface area contributed by atoms with Gasteiger partial charge in [0.1, 0.15) is 5.75 Å². The number of methoxy groups -OCH3 is 1. The van der Waals surface area contributed by atoms with E-state index in [1.807, 2.05) is 36.4 Å². The number of hydrogen-bond donors (Lipinski definition) is 2. The molecule has 6 heteroatoms. The summed E-state index contributed by atoms with van der Waals surface area (Å²) in [7, 11) is 1.65. The van der Waals surface area contributed by atoms with Crippen LogP contribution in [-0.2, 0) is 12.8 Å². The van der Waals surface area contributed by atoms with Crippen LogP contribution in [0.15, 0.2) is 54.6 Å². The molecule has 2 aromatic carbocycles. The Bertz CT molecular complexity index is 939. The topological polar surface area (TPSA) is 90.8 Å². The minimum atomic E-state index is -0.264. The van der Waals surface area contributed by atoms with Crippen molar-refractivity contribution >= 4 is 11.7 Å². The lowest BCUT2D eigenvalue weighted by Crippen LogP contribution is -2.12. The normalized spacial score (nSPS) is 10.2. The fourth-order valence-corrected chi connectivity index (χ4v) is 2.55. The number of aromatic nitrogens is 2. The van der Waals surface area contributed by atoms with E-state index in [0.717, 1.165) is 24.3 Å². The highest BCUT2D eigenvalue weighted by molar-refractivity contribution is 6.03. The number of nitrogens with zero attached hydrogens (tertiary/aromatic N) is 2. The second-order valence-electron chi connectivity index (χ2n) is 5.77. The maximum atomic E-state index is 12.2. The monoisotopic (exact) mass is 346 g/mol. The first-order valence-corrected chi connectivity index (χ1v) is 8.16. The van der Waals surface area contributed by atoms with Gasteiger partial charge in [-0.25, -0.2) is 0 Å². The van der Waals surface area contributed by atoms with E-state index in [4.69, 9.17) is 10.00 Å². The van der Waals surface area contributed by atoms with Crippen LogP contribution in [0.1, 0.15) is 27.2 Å². The number of carbonyl (C=O) groups is 1. The molecule has 0 aliphatic rings. The lowest BCUT2D eigenvalue weighted by atomic mass is 10.1. The molecule has 0 spiro atoms. The van der Waals surface area contributed by atoms with Crippen molar-refractivity contribution in [1.29, 1.82) is 5.26 Å². The molecule has 0 unspecified atom stereocenters. The van der Waals surface area contributed by atoms with Crippen molar-refractivity contribution in [3.8, 4) is 11.8 Å². The number of aromatic amines is 1. The van der Waals surface area contributed by atoms with Crippen LogP contribution in [0, 0.1) is 11.3 Å². The Morgan fingerprint density at radius 3 is 2.73 bits per heavy atom. The van der Waals surface area contributed by atoms with Crippen molar-refractivity contribution in [2.75, 3.05) is 12.4 Å².